The topological polar surface area (TPSA) is 127 Å². The predicted octanol–water partition coefficient (Wildman–Crippen LogP) is 2.92. The Bertz CT molecular complexity index is 1480. The number of nitrogens with zero attached hydrogens (tertiary/aromatic N) is 6. The number of morpholine rings is 1. The lowest BCUT2D eigenvalue weighted by molar-refractivity contribution is 0.0773. The van der Waals surface area contributed by atoms with E-state index in [2.05, 4.69) is 35.9 Å². The number of ether oxygens (including phenoxy) is 3. The number of carbonyl (C=O) groups excluding carboxylic acids is 2. The highest BCUT2D eigenvalue weighted by Gasteiger charge is 2.28. The molecule has 0 bridgehead atoms. The van der Waals surface area contributed by atoms with Crippen LogP contribution in [0.4, 0.5) is 5.69 Å². The van der Waals surface area contributed by atoms with Crippen LogP contribution in [0.5, 0.6) is 11.6 Å². The number of carbonyl (C=O) groups is 2. The number of rotatable bonds is 10. The number of ketones is 1. The third kappa shape index (κ3) is 6.07. The third-order valence-corrected chi connectivity index (χ3v) is 7.19. The highest BCUT2D eigenvalue weighted by Crippen LogP contribution is 2.40. The van der Waals surface area contributed by atoms with Gasteiger partial charge in [0.15, 0.2) is 11.4 Å². The van der Waals surface area contributed by atoms with E-state index < -0.39 is 0 Å². The summed E-state index contributed by atoms with van der Waals surface area (Å²) in [5.74, 6) is 0.480. The summed E-state index contributed by atoms with van der Waals surface area (Å²) in [4.78, 5) is 31.0. The summed E-state index contributed by atoms with van der Waals surface area (Å²) in [7, 11) is 1.65. The minimum atomic E-state index is -0.293. The molecule has 0 atom stereocenters. The molecule has 1 N–H and O–H groups in total. The zero-order valence-electron chi connectivity index (χ0n) is 25.1. The lowest BCUT2D eigenvalue weighted by Crippen LogP contribution is -2.37. The number of anilines is 1. The van der Waals surface area contributed by atoms with Gasteiger partial charge in [-0.2, -0.15) is 4.52 Å². The Morgan fingerprint density at radius 2 is 1.76 bits per heavy atom. The lowest BCUT2D eigenvalue weighted by Gasteiger charge is -2.33. The maximum atomic E-state index is 13.8. The van der Waals surface area contributed by atoms with Crippen molar-refractivity contribution in [1.82, 2.24) is 24.3 Å². The van der Waals surface area contributed by atoms with Crippen molar-refractivity contribution in [3.05, 3.63) is 40.5 Å². The summed E-state index contributed by atoms with van der Waals surface area (Å²) in [5, 5.41) is 17.7. The highest BCUT2D eigenvalue weighted by molar-refractivity contribution is 6.00. The second kappa shape index (κ2) is 12.3. The number of aromatic nitrogens is 4. The molecule has 1 aliphatic rings. The van der Waals surface area contributed by atoms with Crippen LogP contribution < -0.4 is 20.0 Å². The number of hydrogen-bond donors (Lipinski definition) is 1. The Hall–Kier alpha value is -3.93. The molecule has 1 fully saturated rings. The normalized spacial score (nSPS) is 13.9. The van der Waals surface area contributed by atoms with E-state index in [1.54, 1.807) is 18.1 Å². The molecule has 41 heavy (non-hydrogen) atoms. The quantitative estimate of drug-likeness (QED) is 0.371. The van der Waals surface area contributed by atoms with E-state index in [-0.39, 0.29) is 46.4 Å². The fourth-order valence-electron chi connectivity index (χ4n) is 4.97. The van der Waals surface area contributed by atoms with Crippen LogP contribution in [0.1, 0.15) is 67.8 Å². The number of methoxy groups -OCH3 is 1. The Morgan fingerprint density at radius 1 is 1.07 bits per heavy atom. The Morgan fingerprint density at radius 3 is 2.34 bits per heavy atom. The maximum Gasteiger partial charge on any atom is 0.257 e. The molecule has 12 nitrogen and oxygen atoms in total. The molecule has 1 aromatic carbocycles. The Balaban J connectivity index is 1.79. The van der Waals surface area contributed by atoms with Crippen molar-refractivity contribution in [2.45, 2.75) is 53.5 Å². The van der Waals surface area contributed by atoms with Crippen molar-refractivity contribution in [3.8, 4) is 11.6 Å². The monoisotopic (exact) mass is 567 g/mol. The van der Waals surface area contributed by atoms with Gasteiger partial charge in [-0.3, -0.25) is 15.0 Å². The van der Waals surface area contributed by atoms with Gasteiger partial charge >= 0.3 is 0 Å². The molecule has 12 heteroatoms. The lowest BCUT2D eigenvalue weighted by atomic mass is 9.84. The second-order valence-corrected chi connectivity index (χ2v) is 10.9. The van der Waals surface area contributed by atoms with Gasteiger partial charge in [0.25, 0.3) is 5.91 Å². The molecule has 222 valence electrons. The zero-order chi connectivity index (χ0) is 29.9. The molecule has 0 unspecified atom stereocenters. The zero-order valence-corrected chi connectivity index (χ0v) is 25.1. The fourth-order valence-corrected chi connectivity index (χ4v) is 4.97. The van der Waals surface area contributed by atoms with Crippen molar-refractivity contribution in [2.24, 2.45) is 0 Å². The highest BCUT2D eigenvalue weighted by atomic mass is 16.5. The molecule has 4 rings (SSSR count). The fraction of sp³-hybridized carbons (Fsp3) is 0.552. The van der Waals surface area contributed by atoms with E-state index in [0.29, 0.717) is 51.6 Å². The first-order valence-electron chi connectivity index (χ1n) is 14.1. The smallest absolute Gasteiger partial charge is 0.257 e. The number of nitrogens with one attached hydrogen (secondary N) is 1. The summed E-state index contributed by atoms with van der Waals surface area (Å²) in [6.07, 6.45) is 0. The second-order valence-electron chi connectivity index (χ2n) is 10.9. The summed E-state index contributed by atoms with van der Waals surface area (Å²) in [5.41, 5.74) is 2.27. The number of fused-ring (bicyclic) bond motifs is 1. The molecule has 0 aliphatic carbocycles. The molecule has 0 spiro atoms. The van der Waals surface area contributed by atoms with E-state index in [4.69, 9.17) is 19.6 Å². The van der Waals surface area contributed by atoms with Gasteiger partial charge in [0.2, 0.25) is 11.5 Å². The van der Waals surface area contributed by atoms with E-state index in [1.807, 2.05) is 32.9 Å². The van der Waals surface area contributed by atoms with Crippen LogP contribution >= 0.6 is 0 Å². The predicted molar refractivity (Wildman–Crippen MR) is 154 cm³/mol. The average molecular weight is 568 g/mol. The SMILES string of the molecule is CCOc1cc(C(=O)N(CC)CC)c2nn(CC(=O)c3cc(N4CCOCC4)c(OC)c(C(C)(C)C)c3)c(=N)n2n1. The van der Waals surface area contributed by atoms with Gasteiger partial charge in [-0.25, -0.2) is 4.68 Å². The number of benzene rings is 1. The van der Waals surface area contributed by atoms with Crippen LogP contribution in [0.25, 0.3) is 5.65 Å². The summed E-state index contributed by atoms with van der Waals surface area (Å²) in [6.45, 7) is 15.6. The molecular formula is C29H41N7O5. The summed E-state index contributed by atoms with van der Waals surface area (Å²) < 4.78 is 19.5. The van der Waals surface area contributed by atoms with Crippen molar-refractivity contribution in [1.29, 1.82) is 5.41 Å². The minimum Gasteiger partial charge on any atom is -0.494 e. The molecule has 1 aliphatic heterocycles. The van der Waals surface area contributed by atoms with E-state index in [0.717, 1.165) is 17.0 Å². The number of Topliss-reactive ketones (excluding diaryl/α,β-unsaturated/α-hetero) is 1. The number of hydrogen-bond acceptors (Lipinski definition) is 9. The Kier molecular flexibility index (Phi) is 9.01. The van der Waals surface area contributed by atoms with E-state index >= 15 is 0 Å². The van der Waals surface area contributed by atoms with Crippen LogP contribution in [0.3, 0.4) is 0 Å². The van der Waals surface area contributed by atoms with Gasteiger partial charge in [0, 0.05) is 43.4 Å². The summed E-state index contributed by atoms with van der Waals surface area (Å²) in [6, 6.07) is 5.26. The molecule has 1 saturated heterocycles. The van der Waals surface area contributed by atoms with Crippen LogP contribution in [0, 0.1) is 5.41 Å². The van der Waals surface area contributed by atoms with Crippen molar-refractivity contribution < 1.29 is 23.8 Å². The summed E-state index contributed by atoms with van der Waals surface area (Å²) >= 11 is 0. The first-order valence-corrected chi connectivity index (χ1v) is 14.1. The largest absolute Gasteiger partial charge is 0.494 e. The molecule has 0 saturated carbocycles. The average Bonchev–Trinajstić information content (AvgIpc) is 3.27. The first-order chi connectivity index (χ1) is 19.5. The molecule has 1 amide bonds. The van der Waals surface area contributed by atoms with Crippen molar-refractivity contribution in [3.63, 3.8) is 0 Å². The molecule has 0 radical (unpaired) electrons. The molecule has 2 aromatic heterocycles. The number of amides is 1. The minimum absolute atomic E-state index is 0.138. The van der Waals surface area contributed by atoms with Gasteiger partial charge in [0.05, 0.1) is 38.2 Å². The van der Waals surface area contributed by atoms with Gasteiger partial charge in [-0.05, 0) is 38.3 Å². The van der Waals surface area contributed by atoms with Crippen molar-refractivity contribution >= 4 is 23.0 Å². The van der Waals surface area contributed by atoms with E-state index in [9.17, 15) is 9.59 Å². The van der Waals surface area contributed by atoms with Gasteiger partial charge in [-0.1, -0.05) is 20.8 Å². The van der Waals surface area contributed by atoms with E-state index in [1.165, 1.54) is 9.20 Å². The molecule has 3 heterocycles. The van der Waals surface area contributed by atoms with Crippen molar-refractivity contribution in [2.75, 3.05) is 58.0 Å². The molecular weight excluding hydrogens is 526 g/mol. The van der Waals surface area contributed by atoms with Crippen LogP contribution in [0.15, 0.2) is 18.2 Å². The van der Waals surface area contributed by atoms with Gasteiger partial charge in [0.1, 0.15) is 12.3 Å². The molecule has 3 aromatic rings. The van der Waals surface area contributed by atoms with Crippen LogP contribution in [-0.2, 0) is 16.7 Å². The van der Waals surface area contributed by atoms with Gasteiger partial charge in [-0.15, -0.1) is 10.2 Å². The third-order valence-electron chi connectivity index (χ3n) is 7.19. The Labute approximate surface area is 240 Å². The maximum absolute atomic E-state index is 13.8. The standard InChI is InChI=1S/C29H41N7O5/c1-8-33(9-2)27(38)20-17-24(41-10-3)31-36-26(20)32-35(28(36)30)18-23(37)19-15-21(29(4,5)6)25(39-7)22(16-19)34-11-13-40-14-12-34/h15-17,30H,8-14,18H2,1-7H3. The van der Waals surface area contributed by atoms with Crippen LogP contribution in [-0.4, -0.2) is 89.1 Å². The van der Waals surface area contributed by atoms with Gasteiger partial charge < -0.3 is 24.0 Å². The van der Waals surface area contributed by atoms with Crippen LogP contribution in [0.2, 0.25) is 0 Å². The first kappa shape index (κ1) is 30.0.